The van der Waals surface area contributed by atoms with Crippen LogP contribution in [-0.4, -0.2) is 35.9 Å². The van der Waals surface area contributed by atoms with Crippen molar-refractivity contribution in [1.82, 2.24) is 10.0 Å². The number of nitrogens with zero attached hydrogens (tertiary/aromatic N) is 2. The molecule has 110 valence electrons. The number of hydrazine groups is 1. The molecule has 0 unspecified atom stereocenters. The van der Waals surface area contributed by atoms with Gasteiger partial charge in [-0.15, -0.1) is 5.92 Å². The Kier molecular flexibility index (Phi) is 4.04. The maximum Gasteiger partial charge on any atom is 0.258 e. The Balaban J connectivity index is 2.60. The molecule has 2 rings (SSSR count). The molecule has 21 heavy (non-hydrogen) atoms. The maximum atomic E-state index is 12.4. The van der Waals surface area contributed by atoms with Crippen LogP contribution >= 0.6 is 0 Å². The van der Waals surface area contributed by atoms with Gasteiger partial charge in [0.1, 0.15) is 5.92 Å². The molecule has 1 saturated heterocycles. The fourth-order valence-corrected chi connectivity index (χ4v) is 2.82. The van der Waals surface area contributed by atoms with E-state index in [1.807, 2.05) is 26.0 Å². The summed E-state index contributed by atoms with van der Waals surface area (Å²) in [6.45, 7) is 5.76. The molecule has 0 radical (unpaired) electrons. The van der Waals surface area contributed by atoms with Gasteiger partial charge >= 0.3 is 0 Å². The number of amides is 2. The minimum absolute atomic E-state index is 0.172. The van der Waals surface area contributed by atoms with Gasteiger partial charge in [0.05, 0.1) is 0 Å². The van der Waals surface area contributed by atoms with Crippen LogP contribution < -0.4 is 0 Å². The zero-order valence-electron chi connectivity index (χ0n) is 13.2. The molecule has 1 aliphatic rings. The van der Waals surface area contributed by atoms with Crippen molar-refractivity contribution < 1.29 is 9.59 Å². The molecule has 1 heterocycles. The number of aryl methyl sites for hydroxylation is 2. The van der Waals surface area contributed by atoms with E-state index in [1.54, 1.807) is 21.0 Å². The maximum absolute atomic E-state index is 12.4. The molecule has 0 saturated carbocycles. The van der Waals surface area contributed by atoms with E-state index < -0.39 is 5.92 Å². The van der Waals surface area contributed by atoms with Crippen molar-refractivity contribution in [3.8, 4) is 11.8 Å². The van der Waals surface area contributed by atoms with Crippen molar-refractivity contribution in [2.45, 2.75) is 33.1 Å². The lowest BCUT2D eigenvalue weighted by Gasteiger charge is -2.17. The summed E-state index contributed by atoms with van der Waals surface area (Å²) >= 11 is 0. The quantitative estimate of drug-likeness (QED) is 0.614. The first-order valence-corrected chi connectivity index (χ1v) is 7.03. The van der Waals surface area contributed by atoms with Crippen LogP contribution in [0.1, 0.15) is 42.0 Å². The van der Waals surface area contributed by atoms with E-state index >= 15 is 0 Å². The lowest BCUT2D eigenvalue weighted by atomic mass is 9.87. The van der Waals surface area contributed by atoms with Gasteiger partial charge in [0.25, 0.3) is 11.8 Å². The zero-order valence-corrected chi connectivity index (χ0v) is 13.2. The van der Waals surface area contributed by atoms with E-state index in [4.69, 9.17) is 0 Å². The van der Waals surface area contributed by atoms with Crippen molar-refractivity contribution in [3.05, 3.63) is 34.4 Å². The predicted octanol–water partition coefficient (Wildman–Crippen LogP) is 1.86. The molecule has 0 atom stereocenters. The van der Waals surface area contributed by atoms with Crippen LogP contribution in [0.2, 0.25) is 0 Å². The second kappa shape index (κ2) is 5.61. The van der Waals surface area contributed by atoms with Crippen LogP contribution in [0.25, 0.3) is 0 Å². The van der Waals surface area contributed by atoms with E-state index in [0.717, 1.165) is 28.7 Å². The van der Waals surface area contributed by atoms with Crippen LogP contribution in [0, 0.1) is 18.8 Å². The largest absolute Gasteiger partial charge is 0.272 e. The number of hydrogen-bond acceptors (Lipinski definition) is 2. The Labute approximate surface area is 125 Å². The molecule has 1 fully saturated rings. The summed E-state index contributed by atoms with van der Waals surface area (Å²) in [5.74, 6) is 4.86. The van der Waals surface area contributed by atoms with Crippen molar-refractivity contribution in [2.24, 2.45) is 0 Å². The van der Waals surface area contributed by atoms with Crippen molar-refractivity contribution in [3.63, 3.8) is 0 Å². The third-order valence-electron chi connectivity index (χ3n) is 3.99. The normalized spacial score (nSPS) is 15.5. The predicted molar refractivity (Wildman–Crippen MR) is 81.4 cm³/mol. The number of likely N-dealkylation sites (N-methyl/N-ethyl adjacent to an activating group) is 2. The van der Waals surface area contributed by atoms with Gasteiger partial charge in [0.2, 0.25) is 0 Å². The second-order valence-corrected chi connectivity index (χ2v) is 5.25. The highest BCUT2D eigenvalue weighted by atomic mass is 16.2. The molecule has 1 aromatic carbocycles. The SMILES string of the molecule is CC#Cc1cc(C)c(C2C(=O)N(C)N(C)C2=O)c(CC)c1. The monoisotopic (exact) mass is 284 g/mol. The van der Waals surface area contributed by atoms with Gasteiger partial charge < -0.3 is 0 Å². The second-order valence-electron chi connectivity index (χ2n) is 5.25. The van der Waals surface area contributed by atoms with Gasteiger partial charge in [0, 0.05) is 19.7 Å². The topological polar surface area (TPSA) is 40.6 Å². The Hall–Kier alpha value is -2.28. The third kappa shape index (κ3) is 2.40. The number of carbonyl (C=O) groups excluding carboxylic acids is 2. The minimum atomic E-state index is -0.724. The van der Waals surface area contributed by atoms with Gasteiger partial charge in [-0.1, -0.05) is 12.8 Å². The molecule has 0 bridgehead atoms. The van der Waals surface area contributed by atoms with Crippen LogP contribution in [-0.2, 0) is 16.0 Å². The summed E-state index contributed by atoms with van der Waals surface area (Å²) in [6, 6.07) is 3.93. The molecule has 0 N–H and O–H groups in total. The Morgan fingerprint density at radius 2 is 1.71 bits per heavy atom. The van der Waals surface area contributed by atoms with Crippen LogP contribution in [0.3, 0.4) is 0 Å². The third-order valence-corrected chi connectivity index (χ3v) is 3.99. The van der Waals surface area contributed by atoms with Gasteiger partial charge in [-0.25, -0.2) is 0 Å². The first-order valence-electron chi connectivity index (χ1n) is 7.03. The molecular weight excluding hydrogens is 264 g/mol. The minimum Gasteiger partial charge on any atom is -0.272 e. The summed E-state index contributed by atoms with van der Waals surface area (Å²) < 4.78 is 0. The average molecular weight is 284 g/mol. The van der Waals surface area contributed by atoms with Crippen LogP contribution in [0.15, 0.2) is 12.1 Å². The van der Waals surface area contributed by atoms with Crippen LogP contribution in [0.5, 0.6) is 0 Å². The molecule has 4 nitrogen and oxygen atoms in total. The molecule has 4 heteroatoms. The lowest BCUT2D eigenvalue weighted by Crippen LogP contribution is -2.33. The summed E-state index contributed by atoms with van der Waals surface area (Å²) in [7, 11) is 3.25. The highest BCUT2D eigenvalue weighted by molar-refractivity contribution is 6.10. The van der Waals surface area contributed by atoms with Crippen molar-refractivity contribution in [1.29, 1.82) is 0 Å². The van der Waals surface area contributed by atoms with E-state index in [0.29, 0.717) is 0 Å². The summed E-state index contributed by atoms with van der Waals surface area (Å²) in [5.41, 5.74) is 3.73. The first-order chi connectivity index (χ1) is 9.92. The lowest BCUT2D eigenvalue weighted by molar-refractivity contribution is -0.141. The highest BCUT2D eigenvalue weighted by Crippen LogP contribution is 2.33. The standard InChI is InChI=1S/C17H20N2O2/c1-6-8-12-9-11(3)14(13(7-2)10-12)15-16(20)18(4)19(5)17(15)21/h9-10,15H,7H2,1-5H3. The number of benzene rings is 1. The summed E-state index contributed by atoms with van der Waals surface area (Å²) in [5, 5.41) is 2.76. The number of carbonyl (C=O) groups is 2. The van der Waals surface area contributed by atoms with Gasteiger partial charge in [-0.3, -0.25) is 19.6 Å². The summed E-state index contributed by atoms with van der Waals surface area (Å²) in [4.78, 5) is 24.8. The Bertz CT molecular complexity index is 647. The van der Waals surface area contributed by atoms with Crippen LogP contribution in [0.4, 0.5) is 0 Å². The van der Waals surface area contributed by atoms with Crippen molar-refractivity contribution >= 4 is 11.8 Å². The van der Waals surface area contributed by atoms with E-state index in [2.05, 4.69) is 11.8 Å². The average Bonchev–Trinajstić information content (AvgIpc) is 2.64. The van der Waals surface area contributed by atoms with Gasteiger partial charge in [0.15, 0.2) is 0 Å². The molecular formula is C17H20N2O2. The molecule has 0 spiro atoms. The molecule has 0 aromatic heterocycles. The molecule has 1 aromatic rings. The molecule has 2 amide bonds. The molecule has 0 aliphatic carbocycles. The zero-order chi connectivity index (χ0) is 15.7. The first kappa shape index (κ1) is 15.1. The molecule has 1 aliphatic heterocycles. The fourth-order valence-electron chi connectivity index (χ4n) is 2.82. The van der Waals surface area contributed by atoms with Gasteiger partial charge in [-0.05, 0) is 49.1 Å². The van der Waals surface area contributed by atoms with E-state index in [9.17, 15) is 9.59 Å². The van der Waals surface area contributed by atoms with E-state index in [-0.39, 0.29) is 11.8 Å². The van der Waals surface area contributed by atoms with Crippen molar-refractivity contribution in [2.75, 3.05) is 14.1 Å². The smallest absolute Gasteiger partial charge is 0.258 e. The highest BCUT2D eigenvalue weighted by Gasteiger charge is 2.44. The Morgan fingerprint density at radius 3 is 2.19 bits per heavy atom. The number of hydrogen-bond donors (Lipinski definition) is 0. The van der Waals surface area contributed by atoms with E-state index in [1.165, 1.54) is 10.0 Å². The van der Waals surface area contributed by atoms with Gasteiger partial charge in [-0.2, -0.15) is 0 Å². The fraction of sp³-hybridized carbons (Fsp3) is 0.412. The number of rotatable bonds is 2. The summed E-state index contributed by atoms with van der Waals surface area (Å²) in [6.07, 6.45) is 0.764. The Morgan fingerprint density at radius 1 is 1.14 bits per heavy atom.